The molecule has 0 aliphatic carbocycles. The zero-order valence-corrected chi connectivity index (χ0v) is 13.3. The molecule has 2 aromatic rings. The summed E-state index contributed by atoms with van der Waals surface area (Å²) in [4.78, 5) is 14.6. The van der Waals surface area contributed by atoms with E-state index in [4.69, 9.17) is 5.73 Å². The van der Waals surface area contributed by atoms with Crippen molar-refractivity contribution in [2.45, 2.75) is 32.7 Å². The van der Waals surface area contributed by atoms with E-state index in [1.54, 1.807) is 12.1 Å². The number of hydrogen-bond acceptors (Lipinski definition) is 2. The predicted octanol–water partition coefficient (Wildman–Crippen LogP) is 3.75. The fourth-order valence-electron chi connectivity index (χ4n) is 2.53. The van der Waals surface area contributed by atoms with E-state index in [2.05, 4.69) is 12.1 Å². The summed E-state index contributed by atoms with van der Waals surface area (Å²) >= 11 is 0. The van der Waals surface area contributed by atoms with Gasteiger partial charge in [0.2, 0.25) is 0 Å². The minimum atomic E-state index is 0.0513. The minimum absolute atomic E-state index is 0.0513. The molecule has 0 fully saturated rings. The Morgan fingerprint density at radius 3 is 2.45 bits per heavy atom. The molecule has 0 aliphatic rings. The van der Waals surface area contributed by atoms with Crippen LogP contribution in [0.15, 0.2) is 54.6 Å². The van der Waals surface area contributed by atoms with E-state index in [0.717, 1.165) is 19.4 Å². The number of nitrogens with zero attached hydrogens (tertiary/aromatic N) is 1. The van der Waals surface area contributed by atoms with Crippen LogP contribution in [-0.4, -0.2) is 23.4 Å². The molecular weight excluding hydrogens is 272 g/mol. The second-order valence-corrected chi connectivity index (χ2v) is 5.81. The molecule has 3 nitrogen and oxygen atoms in total. The Morgan fingerprint density at radius 2 is 1.82 bits per heavy atom. The van der Waals surface area contributed by atoms with Crippen molar-refractivity contribution in [3.8, 4) is 0 Å². The molecule has 22 heavy (non-hydrogen) atoms. The highest BCUT2D eigenvalue weighted by Gasteiger charge is 2.18. The summed E-state index contributed by atoms with van der Waals surface area (Å²) in [7, 11) is 0. The van der Waals surface area contributed by atoms with Gasteiger partial charge < -0.3 is 10.6 Å². The first kappa shape index (κ1) is 16.1. The number of amides is 1. The number of aryl methyl sites for hydroxylation is 1. The van der Waals surface area contributed by atoms with Crippen molar-refractivity contribution >= 4 is 11.6 Å². The van der Waals surface area contributed by atoms with E-state index in [9.17, 15) is 4.79 Å². The maximum atomic E-state index is 12.7. The number of nitrogens with two attached hydrogens (primary N) is 1. The monoisotopic (exact) mass is 296 g/mol. The number of benzene rings is 2. The van der Waals surface area contributed by atoms with Gasteiger partial charge in [-0.15, -0.1) is 0 Å². The van der Waals surface area contributed by atoms with Crippen LogP contribution < -0.4 is 5.73 Å². The van der Waals surface area contributed by atoms with Crippen LogP contribution in [0.5, 0.6) is 0 Å². The lowest BCUT2D eigenvalue weighted by Crippen LogP contribution is -2.37. The van der Waals surface area contributed by atoms with Crippen molar-refractivity contribution < 1.29 is 4.79 Å². The lowest BCUT2D eigenvalue weighted by atomic mass is 10.1. The maximum Gasteiger partial charge on any atom is 0.254 e. The number of hydrogen-bond donors (Lipinski definition) is 1. The topological polar surface area (TPSA) is 46.3 Å². The van der Waals surface area contributed by atoms with Crippen molar-refractivity contribution in [1.29, 1.82) is 0 Å². The quantitative estimate of drug-likeness (QED) is 0.825. The molecule has 0 bridgehead atoms. The van der Waals surface area contributed by atoms with Crippen LogP contribution in [0.2, 0.25) is 0 Å². The zero-order chi connectivity index (χ0) is 15.9. The Balaban J connectivity index is 1.99. The summed E-state index contributed by atoms with van der Waals surface area (Å²) in [6.07, 6.45) is 1.94. The molecule has 0 spiro atoms. The van der Waals surface area contributed by atoms with E-state index < -0.39 is 0 Å². The maximum absolute atomic E-state index is 12.7. The van der Waals surface area contributed by atoms with Crippen LogP contribution in [-0.2, 0) is 6.42 Å². The van der Waals surface area contributed by atoms with Crippen molar-refractivity contribution in [3.05, 3.63) is 65.7 Å². The third-order valence-corrected chi connectivity index (χ3v) is 3.73. The van der Waals surface area contributed by atoms with Gasteiger partial charge in [-0.1, -0.05) is 36.4 Å². The summed E-state index contributed by atoms with van der Waals surface area (Å²) in [6.45, 7) is 4.85. The molecule has 0 saturated heterocycles. The lowest BCUT2D eigenvalue weighted by molar-refractivity contribution is 0.0703. The molecular formula is C19H24N2O. The van der Waals surface area contributed by atoms with Gasteiger partial charge in [-0.2, -0.15) is 0 Å². The average molecular weight is 296 g/mol. The van der Waals surface area contributed by atoms with Crippen LogP contribution in [0.1, 0.15) is 36.2 Å². The van der Waals surface area contributed by atoms with Crippen LogP contribution >= 0.6 is 0 Å². The number of nitrogen functional groups attached to an aromatic ring is 1. The first-order valence-corrected chi connectivity index (χ1v) is 7.78. The Bertz CT molecular complexity index is 608. The Morgan fingerprint density at radius 1 is 1.09 bits per heavy atom. The highest BCUT2D eigenvalue weighted by Crippen LogP contribution is 2.13. The Kier molecular flexibility index (Phi) is 5.59. The standard InChI is InChI=1S/C19H24N2O/c1-15(2)21(13-7-10-16-8-4-3-5-9-16)19(22)17-11-6-12-18(20)14-17/h3-6,8-9,11-12,14-15H,7,10,13,20H2,1-2H3. The molecule has 116 valence electrons. The van der Waals surface area contributed by atoms with Gasteiger partial charge in [-0.25, -0.2) is 0 Å². The molecule has 0 unspecified atom stereocenters. The van der Waals surface area contributed by atoms with Crippen molar-refractivity contribution in [1.82, 2.24) is 4.90 Å². The number of rotatable bonds is 6. The fraction of sp³-hybridized carbons (Fsp3) is 0.316. The van der Waals surface area contributed by atoms with E-state index >= 15 is 0 Å². The van der Waals surface area contributed by atoms with Gasteiger partial charge in [0, 0.05) is 23.8 Å². The predicted molar refractivity (Wildman–Crippen MR) is 91.8 cm³/mol. The lowest BCUT2D eigenvalue weighted by Gasteiger charge is -2.27. The van der Waals surface area contributed by atoms with Gasteiger partial charge in [0.15, 0.2) is 0 Å². The number of anilines is 1. The summed E-state index contributed by atoms with van der Waals surface area (Å²) in [5.74, 6) is 0.0513. The SMILES string of the molecule is CC(C)N(CCCc1ccccc1)C(=O)c1cccc(N)c1. The zero-order valence-electron chi connectivity index (χ0n) is 13.3. The molecule has 3 heteroatoms. The fourth-order valence-corrected chi connectivity index (χ4v) is 2.53. The molecule has 2 N–H and O–H groups in total. The van der Waals surface area contributed by atoms with Gasteiger partial charge in [0.05, 0.1) is 0 Å². The van der Waals surface area contributed by atoms with Crippen LogP contribution in [0.25, 0.3) is 0 Å². The largest absolute Gasteiger partial charge is 0.399 e. The Labute approximate surface area is 132 Å². The van der Waals surface area contributed by atoms with E-state index in [-0.39, 0.29) is 11.9 Å². The minimum Gasteiger partial charge on any atom is -0.399 e. The molecule has 0 aromatic heterocycles. The van der Waals surface area contributed by atoms with E-state index in [1.165, 1.54) is 5.56 Å². The smallest absolute Gasteiger partial charge is 0.254 e. The second kappa shape index (κ2) is 7.64. The van der Waals surface area contributed by atoms with Crippen molar-refractivity contribution in [2.24, 2.45) is 0 Å². The first-order chi connectivity index (χ1) is 10.6. The van der Waals surface area contributed by atoms with Crippen molar-refractivity contribution in [2.75, 3.05) is 12.3 Å². The van der Waals surface area contributed by atoms with E-state index in [0.29, 0.717) is 11.3 Å². The highest BCUT2D eigenvalue weighted by atomic mass is 16.2. The number of carbonyl (C=O) groups excluding carboxylic acids is 1. The molecule has 0 aliphatic heterocycles. The molecule has 0 atom stereocenters. The van der Waals surface area contributed by atoms with Gasteiger partial charge in [0.1, 0.15) is 0 Å². The summed E-state index contributed by atoms with van der Waals surface area (Å²) in [5.41, 5.74) is 8.37. The third-order valence-electron chi connectivity index (χ3n) is 3.73. The number of carbonyl (C=O) groups is 1. The molecule has 2 rings (SSSR count). The van der Waals surface area contributed by atoms with Gasteiger partial charge in [-0.3, -0.25) is 4.79 Å². The molecule has 1 amide bonds. The third kappa shape index (κ3) is 4.35. The molecule has 0 heterocycles. The molecule has 0 saturated carbocycles. The summed E-state index contributed by atoms with van der Waals surface area (Å²) < 4.78 is 0. The normalized spacial score (nSPS) is 10.7. The first-order valence-electron chi connectivity index (χ1n) is 7.78. The van der Waals surface area contributed by atoms with Gasteiger partial charge in [0.25, 0.3) is 5.91 Å². The van der Waals surface area contributed by atoms with Crippen LogP contribution in [0.4, 0.5) is 5.69 Å². The second-order valence-electron chi connectivity index (χ2n) is 5.81. The average Bonchev–Trinajstić information content (AvgIpc) is 2.51. The molecule has 2 aromatic carbocycles. The van der Waals surface area contributed by atoms with Crippen LogP contribution in [0, 0.1) is 0 Å². The molecule has 0 radical (unpaired) electrons. The van der Waals surface area contributed by atoms with Gasteiger partial charge >= 0.3 is 0 Å². The Hall–Kier alpha value is -2.29. The van der Waals surface area contributed by atoms with Gasteiger partial charge in [-0.05, 0) is 50.5 Å². The highest BCUT2D eigenvalue weighted by molar-refractivity contribution is 5.95. The van der Waals surface area contributed by atoms with Crippen molar-refractivity contribution in [3.63, 3.8) is 0 Å². The summed E-state index contributed by atoms with van der Waals surface area (Å²) in [5, 5.41) is 0. The van der Waals surface area contributed by atoms with Crippen LogP contribution in [0.3, 0.4) is 0 Å². The van der Waals surface area contributed by atoms with E-state index in [1.807, 2.05) is 49.1 Å². The summed E-state index contributed by atoms with van der Waals surface area (Å²) in [6, 6.07) is 17.7.